The van der Waals surface area contributed by atoms with Gasteiger partial charge in [0.05, 0.1) is 0 Å². The molecule has 1 radical (unpaired) electrons. The third kappa shape index (κ3) is 1.81. The first-order chi connectivity index (χ1) is 6.90. The molecule has 5 nitrogen and oxygen atoms in total. The summed E-state index contributed by atoms with van der Waals surface area (Å²) in [6.07, 6.45) is 5.34. The van der Waals surface area contributed by atoms with Crippen LogP contribution in [-0.4, -0.2) is 47.5 Å². The predicted molar refractivity (Wildman–Crippen MR) is 51.5 cm³/mol. The van der Waals surface area contributed by atoms with Crippen LogP contribution in [0.4, 0.5) is 5.95 Å². The zero-order chi connectivity index (χ0) is 9.80. The molecule has 1 fully saturated rings. The number of nitrogens with zero attached hydrogens (tertiary/aromatic N) is 4. The third-order valence-corrected chi connectivity index (χ3v) is 2.24. The van der Waals surface area contributed by atoms with Crippen molar-refractivity contribution in [1.29, 1.82) is 0 Å². The molecule has 0 unspecified atom stereocenters. The molecule has 1 aromatic rings. The van der Waals surface area contributed by atoms with Gasteiger partial charge < -0.3 is 9.80 Å². The van der Waals surface area contributed by atoms with Gasteiger partial charge in [0.1, 0.15) is 0 Å². The van der Waals surface area contributed by atoms with Crippen molar-refractivity contribution >= 4 is 12.4 Å². The molecule has 1 aliphatic rings. The van der Waals surface area contributed by atoms with Crippen molar-refractivity contribution < 1.29 is 4.79 Å². The fourth-order valence-electron chi connectivity index (χ4n) is 1.45. The average Bonchev–Trinajstić information content (AvgIpc) is 2.30. The molecule has 2 heterocycles. The molecule has 0 N–H and O–H groups in total. The second-order valence-electron chi connectivity index (χ2n) is 3.11. The maximum absolute atomic E-state index is 10.4. The number of piperazine rings is 1. The van der Waals surface area contributed by atoms with Crippen molar-refractivity contribution in [1.82, 2.24) is 14.9 Å². The number of carbonyl (C=O) groups excluding carboxylic acids is 1. The maximum atomic E-state index is 10.4. The van der Waals surface area contributed by atoms with Gasteiger partial charge in [-0.25, -0.2) is 9.97 Å². The summed E-state index contributed by atoms with van der Waals surface area (Å²) in [7, 11) is 0. The van der Waals surface area contributed by atoms with E-state index in [2.05, 4.69) is 14.9 Å². The molecular weight excluding hydrogens is 180 g/mol. The second kappa shape index (κ2) is 4.04. The molecule has 1 aromatic heterocycles. The van der Waals surface area contributed by atoms with E-state index in [-0.39, 0.29) is 0 Å². The summed E-state index contributed by atoms with van der Waals surface area (Å²) < 4.78 is 0. The van der Waals surface area contributed by atoms with Crippen LogP contribution in [0.5, 0.6) is 0 Å². The Morgan fingerprint density at radius 1 is 1.14 bits per heavy atom. The van der Waals surface area contributed by atoms with E-state index in [0.717, 1.165) is 19.0 Å². The van der Waals surface area contributed by atoms with E-state index in [4.69, 9.17) is 0 Å². The van der Waals surface area contributed by atoms with Gasteiger partial charge in [-0.15, -0.1) is 0 Å². The van der Waals surface area contributed by atoms with E-state index in [0.29, 0.717) is 13.1 Å². The summed E-state index contributed by atoms with van der Waals surface area (Å²) in [5, 5.41) is 0. The second-order valence-corrected chi connectivity index (χ2v) is 3.11. The van der Waals surface area contributed by atoms with Crippen molar-refractivity contribution in [3.63, 3.8) is 0 Å². The summed E-state index contributed by atoms with van der Waals surface area (Å²) in [4.78, 5) is 22.4. The number of hydrogen-bond acceptors (Lipinski definition) is 4. The van der Waals surface area contributed by atoms with Crippen LogP contribution in [0.3, 0.4) is 0 Å². The summed E-state index contributed by atoms with van der Waals surface area (Å²) in [5.74, 6) is 0.734. The lowest BCUT2D eigenvalue weighted by Crippen LogP contribution is -2.46. The SMILES string of the molecule is O=[C]N1CCN(c2ncccn2)CC1. The van der Waals surface area contributed by atoms with E-state index >= 15 is 0 Å². The van der Waals surface area contributed by atoms with Crippen LogP contribution < -0.4 is 4.90 Å². The number of anilines is 1. The van der Waals surface area contributed by atoms with E-state index in [1.54, 1.807) is 23.4 Å². The van der Waals surface area contributed by atoms with Gasteiger partial charge in [-0.1, -0.05) is 0 Å². The molecule has 2 rings (SSSR count). The minimum absolute atomic E-state index is 0.696. The highest BCUT2D eigenvalue weighted by Crippen LogP contribution is 2.07. The first-order valence-corrected chi connectivity index (χ1v) is 4.55. The van der Waals surface area contributed by atoms with Gasteiger partial charge >= 0.3 is 6.41 Å². The van der Waals surface area contributed by atoms with Crippen molar-refractivity contribution in [3.8, 4) is 0 Å². The highest BCUT2D eigenvalue weighted by molar-refractivity contribution is 5.49. The molecule has 14 heavy (non-hydrogen) atoms. The van der Waals surface area contributed by atoms with Crippen LogP contribution in [0, 0.1) is 0 Å². The van der Waals surface area contributed by atoms with Gasteiger partial charge in [0.2, 0.25) is 5.95 Å². The van der Waals surface area contributed by atoms with Gasteiger partial charge in [-0.2, -0.15) is 0 Å². The quantitative estimate of drug-likeness (QED) is 0.642. The first kappa shape index (κ1) is 8.93. The Labute approximate surface area is 82.4 Å². The minimum Gasteiger partial charge on any atom is -0.337 e. The highest BCUT2D eigenvalue weighted by Gasteiger charge is 2.17. The summed E-state index contributed by atoms with van der Waals surface area (Å²) in [6.45, 7) is 2.95. The molecule has 0 spiro atoms. The standard InChI is InChI=1S/C9H11N4O/c14-8-12-4-6-13(7-5-12)9-10-2-1-3-11-9/h1-3H,4-7H2. The monoisotopic (exact) mass is 191 g/mol. The maximum Gasteiger partial charge on any atom is 0.312 e. The normalized spacial score (nSPS) is 16.9. The van der Waals surface area contributed by atoms with Crippen LogP contribution in [0.15, 0.2) is 18.5 Å². The van der Waals surface area contributed by atoms with Crippen LogP contribution in [0.2, 0.25) is 0 Å². The van der Waals surface area contributed by atoms with Gasteiger partial charge in [-0.05, 0) is 6.07 Å². The molecule has 1 amide bonds. The van der Waals surface area contributed by atoms with Crippen LogP contribution in [0.1, 0.15) is 0 Å². The Bertz CT molecular complexity index is 295. The van der Waals surface area contributed by atoms with Crippen LogP contribution >= 0.6 is 0 Å². The Hall–Kier alpha value is -1.65. The van der Waals surface area contributed by atoms with Gasteiger partial charge in [-0.3, -0.25) is 4.79 Å². The zero-order valence-electron chi connectivity index (χ0n) is 7.76. The largest absolute Gasteiger partial charge is 0.337 e. The average molecular weight is 191 g/mol. The van der Waals surface area contributed by atoms with Crippen molar-refractivity contribution in [2.45, 2.75) is 0 Å². The van der Waals surface area contributed by atoms with Gasteiger partial charge in [0, 0.05) is 38.6 Å². The fourth-order valence-corrected chi connectivity index (χ4v) is 1.45. The van der Waals surface area contributed by atoms with Crippen molar-refractivity contribution in [3.05, 3.63) is 18.5 Å². The Kier molecular flexibility index (Phi) is 2.58. The summed E-state index contributed by atoms with van der Waals surface area (Å²) >= 11 is 0. The number of rotatable bonds is 2. The molecule has 0 saturated carbocycles. The van der Waals surface area contributed by atoms with E-state index in [1.165, 1.54) is 0 Å². The topological polar surface area (TPSA) is 49.3 Å². The smallest absolute Gasteiger partial charge is 0.312 e. The molecule has 1 saturated heterocycles. The summed E-state index contributed by atoms with van der Waals surface area (Å²) in [5.41, 5.74) is 0. The first-order valence-electron chi connectivity index (χ1n) is 4.55. The third-order valence-electron chi connectivity index (χ3n) is 2.24. The van der Waals surface area contributed by atoms with Crippen molar-refractivity contribution in [2.24, 2.45) is 0 Å². The fraction of sp³-hybridized carbons (Fsp3) is 0.444. The molecule has 5 heteroatoms. The van der Waals surface area contributed by atoms with Crippen LogP contribution in [-0.2, 0) is 4.79 Å². The molecule has 73 valence electrons. The molecule has 0 bridgehead atoms. The molecule has 0 atom stereocenters. The van der Waals surface area contributed by atoms with E-state index < -0.39 is 0 Å². The molecule has 1 aliphatic heterocycles. The number of amides is 1. The Balaban J connectivity index is 1.99. The zero-order valence-corrected chi connectivity index (χ0v) is 7.76. The van der Waals surface area contributed by atoms with Crippen molar-refractivity contribution in [2.75, 3.05) is 31.1 Å². The molecule has 0 aromatic carbocycles. The van der Waals surface area contributed by atoms with Crippen LogP contribution in [0.25, 0.3) is 0 Å². The summed E-state index contributed by atoms with van der Waals surface area (Å²) in [6, 6.07) is 1.79. The highest BCUT2D eigenvalue weighted by atomic mass is 16.1. The van der Waals surface area contributed by atoms with Gasteiger partial charge in [0.15, 0.2) is 0 Å². The lowest BCUT2D eigenvalue weighted by atomic mass is 10.3. The molecule has 0 aliphatic carbocycles. The lowest BCUT2D eigenvalue weighted by molar-refractivity contribution is 0.355. The Morgan fingerprint density at radius 3 is 2.36 bits per heavy atom. The van der Waals surface area contributed by atoms with E-state index in [1.807, 2.05) is 6.41 Å². The molecular formula is C9H11N4O. The lowest BCUT2D eigenvalue weighted by Gasteiger charge is -2.31. The predicted octanol–water partition coefficient (Wildman–Crippen LogP) is -0.334. The van der Waals surface area contributed by atoms with Gasteiger partial charge in [0.25, 0.3) is 0 Å². The minimum atomic E-state index is 0.696. The number of aromatic nitrogens is 2. The van der Waals surface area contributed by atoms with E-state index in [9.17, 15) is 4.79 Å². The Morgan fingerprint density at radius 2 is 1.79 bits per heavy atom. The number of hydrogen-bond donors (Lipinski definition) is 0.